The fourth-order valence-electron chi connectivity index (χ4n) is 3.57. The van der Waals surface area contributed by atoms with Crippen LogP contribution >= 0.6 is 23.2 Å². The Bertz CT molecular complexity index is 779. The van der Waals surface area contributed by atoms with Crippen molar-refractivity contribution in [2.75, 3.05) is 13.1 Å². The molecule has 130 valence electrons. The van der Waals surface area contributed by atoms with E-state index in [0.717, 1.165) is 24.7 Å². The Hall–Kier alpha value is -1.84. The molecule has 25 heavy (non-hydrogen) atoms. The number of piperidine rings is 1. The summed E-state index contributed by atoms with van der Waals surface area (Å²) in [5.41, 5.74) is 1.21. The third kappa shape index (κ3) is 3.73. The number of halogens is 2. The topological polar surface area (TPSA) is 37.4 Å². The molecule has 0 aromatic heterocycles. The Kier molecular flexibility index (Phi) is 5.45. The summed E-state index contributed by atoms with van der Waals surface area (Å²) in [6, 6.07) is 14.7. The number of aldehydes is 1. The Balaban J connectivity index is 1.92. The molecule has 1 amide bonds. The zero-order chi connectivity index (χ0) is 17.9. The molecule has 1 fully saturated rings. The highest BCUT2D eigenvalue weighted by atomic mass is 35.5. The van der Waals surface area contributed by atoms with Gasteiger partial charge in [0.15, 0.2) is 0 Å². The van der Waals surface area contributed by atoms with Crippen LogP contribution < -0.4 is 0 Å². The molecule has 1 aliphatic heterocycles. The maximum atomic E-state index is 12.8. The third-order valence-electron chi connectivity index (χ3n) is 4.89. The second kappa shape index (κ2) is 7.59. The summed E-state index contributed by atoms with van der Waals surface area (Å²) in [5.74, 6) is -0.00404. The van der Waals surface area contributed by atoms with E-state index in [-0.39, 0.29) is 5.91 Å². The van der Waals surface area contributed by atoms with Gasteiger partial charge in [-0.15, -0.1) is 0 Å². The molecule has 1 heterocycles. The van der Waals surface area contributed by atoms with Crippen LogP contribution in [0.4, 0.5) is 0 Å². The molecular formula is C20H19Cl2NO2. The lowest BCUT2D eigenvalue weighted by Crippen LogP contribution is -2.48. The van der Waals surface area contributed by atoms with Gasteiger partial charge in [0.25, 0.3) is 5.91 Å². The summed E-state index contributed by atoms with van der Waals surface area (Å²) >= 11 is 12.2. The van der Waals surface area contributed by atoms with Gasteiger partial charge < -0.3 is 9.69 Å². The summed E-state index contributed by atoms with van der Waals surface area (Å²) in [6.07, 6.45) is 2.96. The lowest BCUT2D eigenvalue weighted by atomic mass is 9.72. The molecule has 0 aliphatic carbocycles. The predicted molar refractivity (Wildman–Crippen MR) is 100 cm³/mol. The van der Waals surface area contributed by atoms with Crippen LogP contribution in [0.5, 0.6) is 0 Å². The zero-order valence-corrected chi connectivity index (χ0v) is 15.3. The van der Waals surface area contributed by atoms with Gasteiger partial charge in [0, 0.05) is 30.5 Å². The molecule has 1 aliphatic rings. The molecule has 3 rings (SSSR count). The minimum Gasteiger partial charge on any atom is -0.338 e. The van der Waals surface area contributed by atoms with Crippen LogP contribution in [-0.2, 0) is 10.2 Å². The Labute approximate surface area is 157 Å². The van der Waals surface area contributed by atoms with Crippen molar-refractivity contribution in [1.29, 1.82) is 0 Å². The molecule has 5 heteroatoms. The Morgan fingerprint density at radius 2 is 1.88 bits per heavy atom. The number of carbonyl (C=O) groups is 2. The highest BCUT2D eigenvalue weighted by Gasteiger charge is 2.38. The van der Waals surface area contributed by atoms with Crippen LogP contribution in [0.2, 0.25) is 10.0 Å². The summed E-state index contributed by atoms with van der Waals surface area (Å²) in [7, 11) is 0. The van der Waals surface area contributed by atoms with Crippen LogP contribution in [0.3, 0.4) is 0 Å². The number of amides is 1. The van der Waals surface area contributed by atoms with E-state index in [2.05, 4.69) is 0 Å². The van der Waals surface area contributed by atoms with Gasteiger partial charge >= 0.3 is 0 Å². The van der Waals surface area contributed by atoms with Crippen LogP contribution in [-0.4, -0.2) is 30.2 Å². The maximum Gasteiger partial charge on any atom is 0.253 e. The molecule has 0 N–H and O–H groups in total. The van der Waals surface area contributed by atoms with Crippen molar-refractivity contribution >= 4 is 35.4 Å². The first-order valence-corrected chi connectivity index (χ1v) is 9.05. The zero-order valence-electron chi connectivity index (χ0n) is 13.8. The van der Waals surface area contributed by atoms with Gasteiger partial charge in [0.1, 0.15) is 6.29 Å². The number of likely N-dealkylation sites (tertiary alicyclic amines) is 1. The number of hydrogen-bond acceptors (Lipinski definition) is 2. The SMILES string of the molecule is O=CCC1(c2ccc(Cl)c(Cl)c2)CCCN(C(=O)c2ccccc2)C1. The normalized spacial score (nSPS) is 20.3. The summed E-state index contributed by atoms with van der Waals surface area (Å²) < 4.78 is 0. The minimum absolute atomic E-state index is 0.00404. The van der Waals surface area contributed by atoms with Crippen molar-refractivity contribution < 1.29 is 9.59 Å². The quantitative estimate of drug-likeness (QED) is 0.722. The second-order valence-corrected chi connectivity index (χ2v) is 7.29. The highest BCUT2D eigenvalue weighted by molar-refractivity contribution is 6.42. The molecule has 0 saturated carbocycles. The second-order valence-electron chi connectivity index (χ2n) is 6.48. The van der Waals surface area contributed by atoms with E-state index in [9.17, 15) is 9.59 Å². The monoisotopic (exact) mass is 375 g/mol. The Morgan fingerprint density at radius 3 is 2.56 bits per heavy atom. The van der Waals surface area contributed by atoms with Gasteiger partial charge in [-0.3, -0.25) is 4.79 Å². The molecule has 0 radical (unpaired) electrons. The summed E-state index contributed by atoms with van der Waals surface area (Å²) in [4.78, 5) is 26.1. The molecule has 3 nitrogen and oxygen atoms in total. The predicted octanol–water partition coefficient (Wildman–Crippen LogP) is 4.76. The average Bonchev–Trinajstić information content (AvgIpc) is 2.64. The van der Waals surface area contributed by atoms with Gasteiger partial charge in [-0.1, -0.05) is 47.5 Å². The van der Waals surface area contributed by atoms with Crippen molar-refractivity contribution in [3.05, 3.63) is 69.7 Å². The standard InChI is InChI=1S/C20H19Cl2NO2/c21-17-8-7-16(13-18(17)22)20(10-12-24)9-4-11-23(14-20)19(25)15-5-2-1-3-6-15/h1-3,5-8,12-13H,4,9-11,14H2. The van der Waals surface area contributed by atoms with Crippen molar-refractivity contribution in [1.82, 2.24) is 4.90 Å². The van der Waals surface area contributed by atoms with E-state index >= 15 is 0 Å². The Morgan fingerprint density at radius 1 is 1.12 bits per heavy atom. The molecule has 1 atom stereocenters. The van der Waals surface area contributed by atoms with Crippen molar-refractivity contribution in [3.63, 3.8) is 0 Å². The molecule has 0 bridgehead atoms. The van der Waals surface area contributed by atoms with E-state index < -0.39 is 5.41 Å². The molecule has 2 aromatic carbocycles. The van der Waals surface area contributed by atoms with E-state index in [4.69, 9.17) is 23.2 Å². The largest absolute Gasteiger partial charge is 0.338 e. The van der Waals surface area contributed by atoms with E-state index in [0.29, 0.717) is 35.1 Å². The number of nitrogens with zero attached hydrogens (tertiary/aromatic N) is 1. The number of benzene rings is 2. The van der Waals surface area contributed by atoms with Crippen LogP contribution in [0.15, 0.2) is 48.5 Å². The fraction of sp³-hybridized carbons (Fsp3) is 0.300. The molecule has 2 aromatic rings. The van der Waals surface area contributed by atoms with Crippen molar-refractivity contribution in [2.45, 2.75) is 24.7 Å². The van der Waals surface area contributed by atoms with E-state index in [1.54, 1.807) is 6.07 Å². The number of hydrogen-bond donors (Lipinski definition) is 0. The first-order valence-electron chi connectivity index (χ1n) is 8.29. The van der Waals surface area contributed by atoms with Gasteiger partial charge in [0.05, 0.1) is 10.0 Å². The van der Waals surface area contributed by atoms with E-state index in [1.807, 2.05) is 47.4 Å². The minimum atomic E-state index is -0.418. The molecule has 0 spiro atoms. The first-order chi connectivity index (χ1) is 12.1. The maximum absolute atomic E-state index is 12.8. The molecular weight excluding hydrogens is 357 g/mol. The lowest BCUT2D eigenvalue weighted by Gasteiger charge is -2.42. The average molecular weight is 376 g/mol. The van der Waals surface area contributed by atoms with Crippen LogP contribution in [0.25, 0.3) is 0 Å². The highest BCUT2D eigenvalue weighted by Crippen LogP contribution is 2.39. The molecule has 1 saturated heterocycles. The van der Waals surface area contributed by atoms with Crippen molar-refractivity contribution in [2.24, 2.45) is 0 Å². The van der Waals surface area contributed by atoms with Gasteiger partial charge in [-0.05, 0) is 42.7 Å². The summed E-state index contributed by atoms with van der Waals surface area (Å²) in [5, 5.41) is 0.954. The van der Waals surface area contributed by atoms with Gasteiger partial charge in [0.2, 0.25) is 0 Å². The fourth-order valence-corrected chi connectivity index (χ4v) is 3.87. The molecule has 1 unspecified atom stereocenters. The van der Waals surface area contributed by atoms with Gasteiger partial charge in [-0.25, -0.2) is 0 Å². The number of carbonyl (C=O) groups excluding carboxylic acids is 2. The third-order valence-corrected chi connectivity index (χ3v) is 5.63. The van der Waals surface area contributed by atoms with Gasteiger partial charge in [-0.2, -0.15) is 0 Å². The van der Waals surface area contributed by atoms with E-state index in [1.165, 1.54) is 0 Å². The lowest BCUT2D eigenvalue weighted by molar-refractivity contribution is -0.109. The number of rotatable bonds is 4. The smallest absolute Gasteiger partial charge is 0.253 e. The van der Waals surface area contributed by atoms with Crippen molar-refractivity contribution in [3.8, 4) is 0 Å². The summed E-state index contributed by atoms with van der Waals surface area (Å²) in [6.45, 7) is 1.19. The van der Waals surface area contributed by atoms with Crippen LogP contribution in [0, 0.1) is 0 Å². The van der Waals surface area contributed by atoms with Crippen LogP contribution in [0.1, 0.15) is 35.2 Å². The first kappa shape index (κ1) is 18.0.